The van der Waals surface area contributed by atoms with Crippen LogP contribution in [-0.2, 0) is 11.4 Å². The molecule has 0 saturated heterocycles. The summed E-state index contributed by atoms with van der Waals surface area (Å²) in [5.41, 5.74) is 0.917. The van der Waals surface area contributed by atoms with Crippen LogP contribution in [0.5, 0.6) is 0 Å². The zero-order valence-electron chi connectivity index (χ0n) is 12.4. The molecule has 1 heterocycles. The van der Waals surface area contributed by atoms with Crippen LogP contribution >= 0.6 is 0 Å². The first-order valence-electron chi connectivity index (χ1n) is 7.26. The van der Waals surface area contributed by atoms with E-state index in [2.05, 4.69) is 4.98 Å². The second-order valence-corrected chi connectivity index (χ2v) is 4.98. The maximum Gasteiger partial charge on any atom is 0.152 e. The van der Waals surface area contributed by atoms with Crippen LogP contribution in [0.2, 0.25) is 0 Å². The Balaban J connectivity index is 1.75. The lowest BCUT2D eigenvalue weighted by atomic mass is 10.2. The fourth-order valence-corrected chi connectivity index (χ4v) is 2.26. The number of anilines is 1. The smallest absolute Gasteiger partial charge is 0.152 e. The zero-order chi connectivity index (χ0) is 15.4. The highest BCUT2D eigenvalue weighted by atomic mass is 19.1. The monoisotopic (exact) mass is 296 g/mol. The summed E-state index contributed by atoms with van der Waals surface area (Å²) in [6.45, 7) is 3.05. The normalized spacial score (nSPS) is 10.8. The van der Waals surface area contributed by atoms with E-state index in [-0.39, 0.29) is 5.82 Å². The summed E-state index contributed by atoms with van der Waals surface area (Å²) in [6.07, 6.45) is 1.84. The maximum absolute atomic E-state index is 12.9. The first-order valence-corrected chi connectivity index (χ1v) is 7.26. The number of halogens is 1. The van der Waals surface area contributed by atoms with Gasteiger partial charge in [-0.3, -0.25) is 4.84 Å². The molecule has 0 radical (unpaired) electrons. The third kappa shape index (κ3) is 3.23. The van der Waals surface area contributed by atoms with Gasteiger partial charge in [0.1, 0.15) is 5.82 Å². The van der Waals surface area contributed by atoms with E-state index < -0.39 is 0 Å². The molecular weight excluding hydrogens is 279 g/mol. The summed E-state index contributed by atoms with van der Waals surface area (Å²) >= 11 is 0. The molecule has 0 spiro atoms. The van der Waals surface area contributed by atoms with Crippen LogP contribution in [0.1, 0.15) is 12.5 Å². The van der Waals surface area contributed by atoms with Gasteiger partial charge in [0.05, 0.1) is 6.61 Å². The van der Waals surface area contributed by atoms with Crippen molar-refractivity contribution in [1.29, 1.82) is 0 Å². The quantitative estimate of drug-likeness (QED) is 0.655. The molecule has 0 amide bonds. The summed E-state index contributed by atoms with van der Waals surface area (Å²) in [4.78, 5) is 10.2. The molecule has 0 atom stereocenters. The SMILES string of the molecule is CCN(OCc1ccc(F)cc1)c1cc2ccccc2cn1. The van der Waals surface area contributed by atoms with Gasteiger partial charge in [0.25, 0.3) is 0 Å². The number of fused-ring (bicyclic) bond motifs is 1. The Kier molecular flexibility index (Phi) is 4.30. The molecule has 3 aromatic rings. The number of hydrogen-bond acceptors (Lipinski definition) is 3. The number of pyridine rings is 1. The second-order valence-electron chi connectivity index (χ2n) is 4.98. The number of benzene rings is 2. The summed E-state index contributed by atoms with van der Waals surface area (Å²) in [7, 11) is 0. The molecule has 3 rings (SSSR count). The van der Waals surface area contributed by atoms with Gasteiger partial charge in [0.15, 0.2) is 5.82 Å². The van der Waals surface area contributed by atoms with E-state index >= 15 is 0 Å². The van der Waals surface area contributed by atoms with E-state index in [1.807, 2.05) is 43.5 Å². The van der Waals surface area contributed by atoms with E-state index in [4.69, 9.17) is 4.84 Å². The van der Waals surface area contributed by atoms with Gasteiger partial charge in [-0.25, -0.2) is 14.4 Å². The molecule has 0 aliphatic carbocycles. The van der Waals surface area contributed by atoms with E-state index in [9.17, 15) is 4.39 Å². The van der Waals surface area contributed by atoms with Crippen LogP contribution in [0.25, 0.3) is 10.8 Å². The minimum atomic E-state index is -0.243. The molecule has 112 valence electrons. The minimum absolute atomic E-state index is 0.243. The Bertz CT molecular complexity index is 758. The van der Waals surface area contributed by atoms with Crippen LogP contribution in [0.3, 0.4) is 0 Å². The number of nitrogens with zero attached hydrogens (tertiary/aromatic N) is 2. The lowest BCUT2D eigenvalue weighted by molar-refractivity contribution is 0.0955. The van der Waals surface area contributed by atoms with Gasteiger partial charge in [0.2, 0.25) is 0 Å². The lowest BCUT2D eigenvalue weighted by Gasteiger charge is -2.21. The average Bonchev–Trinajstić information content (AvgIpc) is 2.57. The fourth-order valence-electron chi connectivity index (χ4n) is 2.26. The number of rotatable bonds is 5. The highest BCUT2D eigenvalue weighted by molar-refractivity contribution is 5.83. The average molecular weight is 296 g/mol. The summed E-state index contributed by atoms with van der Waals surface area (Å²) in [5, 5.41) is 3.97. The van der Waals surface area contributed by atoms with Gasteiger partial charge in [-0.15, -0.1) is 0 Å². The Morgan fingerprint density at radius 1 is 1.05 bits per heavy atom. The molecule has 3 nitrogen and oxygen atoms in total. The van der Waals surface area contributed by atoms with Crippen molar-refractivity contribution in [3.8, 4) is 0 Å². The molecular formula is C18H17FN2O. The van der Waals surface area contributed by atoms with Gasteiger partial charge in [-0.05, 0) is 36.1 Å². The highest BCUT2D eigenvalue weighted by Crippen LogP contribution is 2.20. The van der Waals surface area contributed by atoms with E-state index in [0.29, 0.717) is 13.2 Å². The Labute approximate surface area is 128 Å². The largest absolute Gasteiger partial charge is 0.267 e. The van der Waals surface area contributed by atoms with Gasteiger partial charge >= 0.3 is 0 Å². The summed E-state index contributed by atoms with van der Waals surface area (Å²) < 4.78 is 12.9. The summed E-state index contributed by atoms with van der Waals surface area (Å²) in [6, 6.07) is 16.4. The van der Waals surface area contributed by atoms with E-state index in [1.165, 1.54) is 12.1 Å². The van der Waals surface area contributed by atoms with Crippen LogP contribution < -0.4 is 5.06 Å². The van der Waals surface area contributed by atoms with Gasteiger partial charge in [-0.1, -0.05) is 36.4 Å². The van der Waals surface area contributed by atoms with Crippen LogP contribution in [-0.4, -0.2) is 11.5 Å². The molecule has 2 aromatic carbocycles. The van der Waals surface area contributed by atoms with Crippen molar-refractivity contribution in [2.45, 2.75) is 13.5 Å². The molecule has 0 fully saturated rings. The van der Waals surface area contributed by atoms with Gasteiger partial charge in [0, 0.05) is 18.1 Å². The third-order valence-electron chi connectivity index (χ3n) is 3.46. The molecule has 1 aromatic heterocycles. The van der Waals surface area contributed by atoms with Gasteiger partial charge in [-0.2, -0.15) is 0 Å². The third-order valence-corrected chi connectivity index (χ3v) is 3.46. The topological polar surface area (TPSA) is 25.4 Å². The van der Waals surface area contributed by atoms with Crippen molar-refractivity contribution >= 4 is 16.6 Å². The lowest BCUT2D eigenvalue weighted by Crippen LogP contribution is -2.23. The van der Waals surface area contributed by atoms with Gasteiger partial charge < -0.3 is 0 Å². The van der Waals surface area contributed by atoms with Crippen molar-refractivity contribution < 1.29 is 9.23 Å². The first-order chi connectivity index (χ1) is 10.8. The first kappa shape index (κ1) is 14.5. The van der Waals surface area contributed by atoms with E-state index in [0.717, 1.165) is 22.2 Å². The number of aromatic nitrogens is 1. The van der Waals surface area contributed by atoms with Crippen LogP contribution in [0.15, 0.2) is 60.8 Å². The molecule has 0 N–H and O–H groups in total. The molecule has 0 aliphatic rings. The second kappa shape index (κ2) is 6.54. The number of hydroxylamine groups is 1. The Morgan fingerprint density at radius 3 is 2.50 bits per heavy atom. The van der Waals surface area contributed by atoms with Crippen molar-refractivity contribution in [1.82, 2.24) is 4.98 Å². The number of hydrogen-bond donors (Lipinski definition) is 0. The van der Waals surface area contributed by atoms with Crippen LogP contribution in [0.4, 0.5) is 10.2 Å². The Morgan fingerprint density at radius 2 is 1.77 bits per heavy atom. The van der Waals surface area contributed by atoms with Crippen LogP contribution in [0, 0.1) is 5.82 Å². The molecule has 0 unspecified atom stereocenters. The fraction of sp³-hybridized carbons (Fsp3) is 0.167. The van der Waals surface area contributed by atoms with Crippen molar-refractivity contribution in [3.05, 3.63) is 72.2 Å². The Hall–Kier alpha value is -2.46. The maximum atomic E-state index is 12.9. The molecule has 22 heavy (non-hydrogen) atoms. The molecule has 0 aliphatic heterocycles. The predicted octanol–water partition coefficient (Wildman–Crippen LogP) is 4.33. The van der Waals surface area contributed by atoms with E-state index in [1.54, 1.807) is 17.2 Å². The highest BCUT2D eigenvalue weighted by Gasteiger charge is 2.08. The molecule has 0 saturated carbocycles. The standard InChI is InChI=1S/C18H17FN2O/c1-2-21(22-13-14-7-9-17(19)10-8-14)18-11-15-5-3-4-6-16(15)12-20-18/h3-12H,2,13H2,1H3. The van der Waals surface area contributed by atoms with Crippen molar-refractivity contribution in [2.24, 2.45) is 0 Å². The summed E-state index contributed by atoms with van der Waals surface area (Å²) in [5.74, 6) is 0.524. The predicted molar refractivity (Wildman–Crippen MR) is 86.0 cm³/mol. The molecule has 4 heteroatoms. The minimum Gasteiger partial charge on any atom is -0.267 e. The van der Waals surface area contributed by atoms with Crippen molar-refractivity contribution in [3.63, 3.8) is 0 Å². The van der Waals surface area contributed by atoms with Crippen molar-refractivity contribution in [2.75, 3.05) is 11.6 Å². The zero-order valence-corrected chi connectivity index (χ0v) is 12.4. The molecule has 0 bridgehead atoms.